The molecule has 1 aliphatic rings. The number of benzene rings is 2. The lowest BCUT2D eigenvalue weighted by atomic mass is 9.92. The van der Waals surface area contributed by atoms with Crippen LogP contribution in [0.25, 0.3) is 5.57 Å². The van der Waals surface area contributed by atoms with Crippen molar-refractivity contribution < 1.29 is 4.79 Å². The second-order valence-corrected chi connectivity index (χ2v) is 5.17. The van der Waals surface area contributed by atoms with Gasteiger partial charge in [0.05, 0.1) is 12.2 Å². The lowest BCUT2D eigenvalue weighted by molar-refractivity contribution is -0.116. The van der Waals surface area contributed by atoms with Gasteiger partial charge in [0, 0.05) is 12.5 Å². The first kappa shape index (κ1) is 12.7. The molecular formula is C18H17NO. The molecular weight excluding hydrogens is 246 g/mol. The van der Waals surface area contributed by atoms with Crippen LogP contribution in [0.2, 0.25) is 0 Å². The molecule has 0 bridgehead atoms. The van der Waals surface area contributed by atoms with Gasteiger partial charge in [0.2, 0.25) is 5.91 Å². The van der Waals surface area contributed by atoms with E-state index in [1.54, 1.807) is 6.92 Å². The molecule has 1 aliphatic heterocycles. The summed E-state index contributed by atoms with van der Waals surface area (Å²) in [5.41, 5.74) is 5.52. The average molecular weight is 263 g/mol. The molecule has 0 N–H and O–H groups in total. The van der Waals surface area contributed by atoms with Crippen LogP contribution in [-0.2, 0) is 17.8 Å². The Bertz CT molecular complexity index is 687. The van der Waals surface area contributed by atoms with Crippen molar-refractivity contribution in [3.63, 3.8) is 0 Å². The van der Waals surface area contributed by atoms with Crippen LogP contribution >= 0.6 is 0 Å². The molecule has 0 aliphatic carbocycles. The number of anilines is 1. The minimum absolute atomic E-state index is 0.0574. The summed E-state index contributed by atoms with van der Waals surface area (Å²) in [5, 5.41) is 0. The molecule has 0 aromatic heterocycles. The van der Waals surface area contributed by atoms with E-state index in [-0.39, 0.29) is 5.91 Å². The van der Waals surface area contributed by atoms with E-state index in [4.69, 9.17) is 0 Å². The Labute approximate surface area is 119 Å². The maximum absolute atomic E-state index is 12.0. The zero-order chi connectivity index (χ0) is 14.1. The summed E-state index contributed by atoms with van der Waals surface area (Å²) >= 11 is 0. The van der Waals surface area contributed by atoms with Crippen molar-refractivity contribution in [2.24, 2.45) is 0 Å². The molecule has 0 spiro atoms. The maximum Gasteiger partial charge on any atom is 0.224 e. The Kier molecular flexibility index (Phi) is 3.15. The molecule has 0 atom stereocenters. The average Bonchev–Trinajstić information content (AvgIpc) is 2.44. The highest BCUT2D eigenvalue weighted by Crippen LogP contribution is 2.33. The van der Waals surface area contributed by atoms with Crippen molar-refractivity contribution in [2.75, 3.05) is 4.90 Å². The molecule has 100 valence electrons. The third-order valence-electron chi connectivity index (χ3n) is 3.81. The van der Waals surface area contributed by atoms with Crippen molar-refractivity contribution in [2.45, 2.75) is 19.9 Å². The van der Waals surface area contributed by atoms with E-state index < -0.39 is 0 Å². The van der Waals surface area contributed by atoms with Crippen molar-refractivity contribution in [1.82, 2.24) is 0 Å². The van der Waals surface area contributed by atoms with Crippen LogP contribution in [0.4, 0.5) is 5.69 Å². The SMILES string of the molecule is C=C1Cc2ccccc2CN(C(C)=O)c2ccccc21. The Morgan fingerprint density at radius 1 is 1.05 bits per heavy atom. The first-order chi connectivity index (χ1) is 9.66. The highest BCUT2D eigenvalue weighted by molar-refractivity contribution is 5.95. The van der Waals surface area contributed by atoms with Gasteiger partial charge in [-0.15, -0.1) is 0 Å². The monoisotopic (exact) mass is 263 g/mol. The zero-order valence-electron chi connectivity index (χ0n) is 11.6. The molecule has 0 saturated carbocycles. The summed E-state index contributed by atoms with van der Waals surface area (Å²) in [6.45, 7) is 6.45. The number of fused-ring (bicyclic) bond motifs is 2. The van der Waals surface area contributed by atoms with Crippen LogP contribution < -0.4 is 4.90 Å². The fourth-order valence-electron chi connectivity index (χ4n) is 2.75. The summed E-state index contributed by atoms with van der Waals surface area (Å²) in [6.07, 6.45) is 0.832. The number of nitrogens with zero attached hydrogens (tertiary/aromatic N) is 1. The molecule has 0 saturated heterocycles. The summed E-state index contributed by atoms with van der Waals surface area (Å²) in [7, 11) is 0. The summed E-state index contributed by atoms with van der Waals surface area (Å²) < 4.78 is 0. The number of hydrogen-bond acceptors (Lipinski definition) is 1. The van der Waals surface area contributed by atoms with Crippen molar-refractivity contribution in [3.05, 3.63) is 71.8 Å². The van der Waals surface area contributed by atoms with Crippen LogP contribution in [0.1, 0.15) is 23.6 Å². The standard InChI is InChI=1S/C18H17NO/c1-13-11-15-7-3-4-8-16(15)12-19(14(2)20)18-10-6-5-9-17(13)18/h3-10H,1,11-12H2,2H3. The van der Waals surface area contributed by atoms with Gasteiger partial charge in [-0.2, -0.15) is 0 Å². The topological polar surface area (TPSA) is 20.3 Å². The van der Waals surface area contributed by atoms with Gasteiger partial charge in [-0.05, 0) is 29.2 Å². The number of hydrogen-bond donors (Lipinski definition) is 0. The molecule has 2 nitrogen and oxygen atoms in total. The minimum Gasteiger partial charge on any atom is -0.308 e. The van der Waals surface area contributed by atoms with Crippen molar-refractivity contribution >= 4 is 17.2 Å². The van der Waals surface area contributed by atoms with E-state index in [0.29, 0.717) is 6.54 Å². The largest absolute Gasteiger partial charge is 0.308 e. The van der Waals surface area contributed by atoms with E-state index in [2.05, 4.69) is 18.7 Å². The van der Waals surface area contributed by atoms with Gasteiger partial charge in [-0.25, -0.2) is 0 Å². The molecule has 0 fully saturated rings. The first-order valence-electron chi connectivity index (χ1n) is 6.79. The third kappa shape index (κ3) is 2.14. The smallest absolute Gasteiger partial charge is 0.224 e. The molecule has 0 unspecified atom stereocenters. The minimum atomic E-state index is 0.0574. The van der Waals surface area contributed by atoms with E-state index >= 15 is 0 Å². The number of carbonyl (C=O) groups is 1. The predicted molar refractivity (Wildman–Crippen MR) is 82.5 cm³/mol. The second kappa shape index (κ2) is 4.97. The summed E-state index contributed by atoms with van der Waals surface area (Å²) in [4.78, 5) is 13.9. The molecule has 1 amide bonds. The van der Waals surface area contributed by atoms with Crippen LogP contribution in [0, 0.1) is 0 Å². The van der Waals surface area contributed by atoms with Crippen molar-refractivity contribution in [1.29, 1.82) is 0 Å². The van der Waals surface area contributed by atoms with Crippen molar-refractivity contribution in [3.8, 4) is 0 Å². The number of amides is 1. The number of para-hydroxylation sites is 1. The van der Waals surface area contributed by atoms with Crippen LogP contribution in [0.15, 0.2) is 55.1 Å². The molecule has 1 heterocycles. The quantitative estimate of drug-likeness (QED) is 0.707. The van der Waals surface area contributed by atoms with E-state index in [1.165, 1.54) is 11.1 Å². The Morgan fingerprint density at radius 2 is 1.70 bits per heavy atom. The third-order valence-corrected chi connectivity index (χ3v) is 3.81. The fourth-order valence-corrected chi connectivity index (χ4v) is 2.75. The summed E-state index contributed by atoms with van der Waals surface area (Å²) in [6, 6.07) is 16.3. The first-order valence-corrected chi connectivity index (χ1v) is 6.79. The van der Waals surface area contributed by atoms with Gasteiger partial charge in [0.25, 0.3) is 0 Å². The number of rotatable bonds is 0. The van der Waals surface area contributed by atoms with Gasteiger partial charge in [0.1, 0.15) is 0 Å². The van der Waals surface area contributed by atoms with E-state index in [1.807, 2.05) is 41.3 Å². The second-order valence-electron chi connectivity index (χ2n) is 5.17. The number of carbonyl (C=O) groups excluding carboxylic acids is 1. The molecule has 0 radical (unpaired) electrons. The van der Waals surface area contributed by atoms with Crippen LogP contribution in [-0.4, -0.2) is 5.91 Å². The van der Waals surface area contributed by atoms with Gasteiger partial charge < -0.3 is 4.90 Å². The highest BCUT2D eigenvalue weighted by Gasteiger charge is 2.21. The Hall–Kier alpha value is -2.35. The van der Waals surface area contributed by atoms with Gasteiger partial charge >= 0.3 is 0 Å². The van der Waals surface area contributed by atoms with E-state index in [0.717, 1.165) is 23.2 Å². The molecule has 2 heteroatoms. The number of allylic oxidation sites excluding steroid dienone is 1. The lowest BCUT2D eigenvalue weighted by Gasteiger charge is -2.28. The fraction of sp³-hybridized carbons (Fsp3) is 0.167. The maximum atomic E-state index is 12.0. The zero-order valence-corrected chi connectivity index (χ0v) is 11.6. The Balaban J connectivity index is 2.18. The molecule has 2 aromatic rings. The van der Waals surface area contributed by atoms with Crippen LogP contribution in [0.5, 0.6) is 0 Å². The van der Waals surface area contributed by atoms with Gasteiger partial charge in [0.15, 0.2) is 0 Å². The lowest BCUT2D eigenvalue weighted by Crippen LogP contribution is -2.30. The van der Waals surface area contributed by atoms with Gasteiger partial charge in [-0.1, -0.05) is 49.0 Å². The molecule has 2 aromatic carbocycles. The predicted octanol–water partition coefficient (Wildman–Crippen LogP) is 3.81. The van der Waals surface area contributed by atoms with Crippen LogP contribution in [0.3, 0.4) is 0 Å². The Morgan fingerprint density at radius 3 is 2.45 bits per heavy atom. The van der Waals surface area contributed by atoms with E-state index in [9.17, 15) is 4.79 Å². The summed E-state index contributed by atoms with van der Waals surface area (Å²) in [5.74, 6) is 0.0574. The normalized spacial score (nSPS) is 14.1. The van der Waals surface area contributed by atoms with Gasteiger partial charge in [-0.3, -0.25) is 4.79 Å². The highest BCUT2D eigenvalue weighted by atomic mass is 16.2. The molecule has 3 rings (SSSR count). The molecule has 20 heavy (non-hydrogen) atoms.